The Morgan fingerprint density at radius 2 is 1.63 bits per heavy atom. The topological polar surface area (TPSA) is 89.3 Å². The molecule has 3 atom stereocenters. The van der Waals surface area contributed by atoms with Gasteiger partial charge in [0.05, 0.1) is 18.9 Å². The fourth-order valence-corrected chi connectivity index (χ4v) is 5.04. The quantitative estimate of drug-likeness (QED) is 0.432. The Morgan fingerprint density at radius 3 is 2.26 bits per heavy atom. The van der Waals surface area contributed by atoms with Crippen LogP contribution in [0.25, 0.3) is 5.70 Å². The Labute approximate surface area is 206 Å². The van der Waals surface area contributed by atoms with Gasteiger partial charge < -0.3 is 10.1 Å². The number of methoxy groups -OCH3 is 1. The van der Waals surface area contributed by atoms with Crippen molar-refractivity contribution in [2.45, 2.75) is 18.9 Å². The second-order valence-corrected chi connectivity index (χ2v) is 9.21. The molecule has 176 valence electrons. The van der Waals surface area contributed by atoms with Crippen LogP contribution in [0.2, 0.25) is 5.02 Å². The molecule has 2 amide bonds. The summed E-state index contributed by atoms with van der Waals surface area (Å²) in [6.07, 6.45) is 7.09. The average molecular weight is 488 g/mol. The first-order valence-electron chi connectivity index (χ1n) is 11.4. The van der Waals surface area contributed by atoms with Crippen LogP contribution in [-0.4, -0.2) is 33.7 Å². The summed E-state index contributed by atoms with van der Waals surface area (Å²) in [5.41, 5.74) is 2.70. The van der Waals surface area contributed by atoms with E-state index in [9.17, 15) is 9.59 Å². The molecule has 1 fully saturated rings. The molecule has 1 saturated heterocycles. The molecule has 3 heterocycles. The first-order chi connectivity index (χ1) is 17.0. The molecule has 0 spiro atoms. The number of carbonyl (C=O) groups is 2. The average Bonchev–Trinajstić information content (AvgIpc) is 3.42. The summed E-state index contributed by atoms with van der Waals surface area (Å²) in [6, 6.07) is 14.9. The Kier molecular flexibility index (Phi) is 5.18. The molecule has 0 unspecified atom stereocenters. The number of carbonyl (C=O) groups excluding carboxylic acids is 2. The van der Waals surface area contributed by atoms with Crippen molar-refractivity contribution in [3.05, 3.63) is 82.9 Å². The van der Waals surface area contributed by atoms with Crippen LogP contribution >= 0.6 is 11.6 Å². The number of hydrogen-bond acceptors (Lipinski definition) is 6. The van der Waals surface area contributed by atoms with Gasteiger partial charge in [0, 0.05) is 10.7 Å². The van der Waals surface area contributed by atoms with Gasteiger partial charge in [0.2, 0.25) is 17.8 Å². The van der Waals surface area contributed by atoms with Crippen LogP contribution in [0.3, 0.4) is 0 Å². The van der Waals surface area contributed by atoms with Gasteiger partial charge in [0.25, 0.3) is 5.95 Å². The smallest absolute Gasteiger partial charge is 0.260 e. The minimum absolute atomic E-state index is 0.0983. The van der Waals surface area contributed by atoms with E-state index in [0.29, 0.717) is 23.8 Å². The normalized spacial score (nSPS) is 23.0. The van der Waals surface area contributed by atoms with Crippen LogP contribution in [0.5, 0.6) is 5.75 Å². The molecule has 0 radical (unpaired) electrons. The van der Waals surface area contributed by atoms with E-state index in [2.05, 4.69) is 15.4 Å². The van der Waals surface area contributed by atoms with E-state index >= 15 is 0 Å². The van der Waals surface area contributed by atoms with E-state index in [4.69, 9.17) is 16.3 Å². The van der Waals surface area contributed by atoms with Crippen molar-refractivity contribution in [2.24, 2.45) is 11.8 Å². The van der Waals surface area contributed by atoms with Crippen molar-refractivity contribution in [3.8, 4) is 5.75 Å². The molecule has 6 rings (SSSR count). The van der Waals surface area contributed by atoms with Crippen LogP contribution < -0.4 is 15.0 Å². The number of aromatic nitrogens is 3. The highest BCUT2D eigenvalue weighted by Crippen LogP contribution is 2.39. The van der Waals surface area contributed by atoms with E-state index in [1.165, 1.54) is 0 Å². The molecule has 2 aliphatic heterocycles. The van der Waals surface area contributed by atoms with Crippen molar-refractivity contribution < 1.29 is 14.3 Å². The van der Waals surface area contributed by atoms with Gasteiger partial charge in [-0.1, -0.05) is 48.0 Å². The number of amides is 2. The highest BCUT2D eigenvalue weighted by Gasteiger charge is 2.49. The van der Waals surface area contributed by atoms with Crippen LogP contribution in [0.15, 0.2) is 66.8 Å². The number of nitrogens with zero attached hydrogens (tertiary/aromatic N) is 4. The molecule has 8 nitrogen and oxygen atoms in total. The lowest BCUT2D eigenvalue weighted by Gasteiger charge is -2.24. The lowest BCUT2D eigenvalue weighted by Crippen LogP contribution is -2.32. The van der Waals surface area contributed by atoms with Crippen LogP contribution in [0.1, 0.15) is 30.0 Å². The van der Waals surface area contributed by atoms with Crippen LogP contribution in [0, 0.1) is 11.8 Å². The molecule has 1 aliphatic carbocycles. The number of allylic oxidation sites excluding steroid dienone is 3. The van der Waals surface area contributed by atoms with E-state index in [1.54, 1.807) is 11.8 Å². The molecule has 9 heteroatoms. The third-order valence-corrected chi connectivity index (χ3v) is 7.03. The predicted octanol–water partition coefficient (Wildman–Crippen LogP) is 4.45. The minimum atomic E-state index is -0.346. The molecule has 0 saturated carbocycles. The van der Waals surface area contributed by atoms with Crippen molar-refractivity contribution in [2.75, 3.05) is 17.3 Å². The third-order valence-electron chi connectivity index (χ3n) is 6.77. The third kappa shape index (κ3) is 3.61. The molecule has 0 bridgehead atoms. The second kappa shape index (κ2) is 8.39. The van der Waals surface area contributed by atoms with Gasteiger partial charge in [-0.15, -0.1) is 5.10 Å². The monoisotopic (exact) mass is 487 g/mol. The number of nitrogens with one attached hydrogen (secondary N) is 1. The summed E-state index contributed by atoms with van der Waals surface area (Å²) in [6.45, 7) is 0. The highest BCUT2D eigenvalue weighted by molar-refractivity contribution is 6.30. The molecular weight excluding hydrogens is 466 g/mol. The first kappa shape index (κ1) is 21.6. The number of ether oxygens (including phenoxy) is 1. The molecule has 3 aromatic rings. The van der Waals surface area contributed by atoms with Crippen molar-refractivity contribution in [3.63, 3.8) is 0 Å². The first-order valence-corrected chi connectivity index (χ1v) is 11.8. The maximum atomic E-state index is 13.1. The minimum Gasteiger partial charge on any atom is -0.497 e. The van der Waals surface area contributed by atoms with Gasteiger partial charge in [0.15, 0.2) is 0 Å². The fourth-order valence-electron chi connectivity index (χ4n) is 4.91. The van der Waals surface area contributed by atoms with E-state index in [-0.39, 0.29) is 35.6 Å². The Balaban J connectivity index is 1.42. The van der Waals surface area contributed by atoms with Gasteiger partial charge in [-0.05, 0) is 54.3 Å². The molecule has 2 aromatic carbocycles. The standard InChI is InChI=1S/C26H22ClN5O3/c1-35-18-12-8-16(9-13-18)22-14-21(15-6-10-17(27)11-7-15)28-25-29-26(30-32(22)25)31-23(33)19-4-2-3-5-20(19)24(31)34/h2-3,6-14,19-20,22H,4-5H2,1H3,(H,28,29,30)/t19-,20-,22+/m0/s1. The fraction of sp³-hybridized carbons (Fsp3) is 0.231. The number of hydrogen-bond donors (Lipinski definition) is 1. The van der Waals surface area contributed by atoms with Gasteiger partial charge in [-0.25, -0.2) is 9.58 Å². The lowest BCUT2D eigenvalue weighted by atomic mass is 9.85. The second-order valence-electron chi connectivity index (χ2n) is 8.78. The van der Waals surface area contributed by atoms with Crippen molar-refractivity contribution in [1.82, 2.24) is 14.8 Å². The number of halogens is 1. The van der Waals surface area contributed by atoms with Gasteiger partial charge >= 0.3 is 0 Å². The number of fused-ring (bicyclic) bond motifs is 2. The zero-order chi connectivity index (χ0) is 24.1. The maximum absolute atomic E-state index is 13.1. The predicted molar refractivity (Wildman–Crippen MR) is 132 cm³/mol. The molecule has 3 aliphatic rings. The summed E-state index contributed by atoms with van der Waals surface area (Å²) in [5, 5.41) is 8.60. The SMILES string of the molecule is COc1ccc([C@H]2C=C(c3ccc(Cl)cc3)Nc3nc(N4C(=O)[C@H]5CC=CC[C@@H]5C4=O)nn32)cc1. The van der Waals surface area contributed by atoms with E-state index < -0.39 is 0 Å². The van der Waals surface area contributed by atoms with Gasteiger partial charge in [-0.3, -0.25) is 9.59 Å². The Hall–Kier alpha value is -3.91. The van der Waals surface area contributed by atoms with E-state index in [0.717, 1.165) is 27.5 Å². The van der Waals surface area contributed by atoms with Crippen LogP contribution in [0.4, 0.5) is 11.9 Å². The van der Waals surface area contributed by atoms with Crippen molar-refractivity contribution >= 4 is 41.0 Å². The van der Waals surface area contributed by atoms with E-state index in [1.807, 2.05) is 66.8 Å². The Morgan fingerprint density at radius 1 is 0.971 bits per heavy atom. The largest absolute Gasteiger partial charge is 0.497 e. The summed E-state index contributed by atoms with van der Waals surface area (Å²) >= 11 is 6.09. The molecular formula is C26H22ClN5O3. The summed E-state index contributed by atoms with van der Waals surface area (Å²) in [5.74, 6) is 0.122. The summed E-state index contributed by atoms with van der Waals surface area (Å²) in [7, 11) is 1.62. The maximum Gasteiger partial charge on any atom is 0.260 e. The molecule has 35 heavy (non-hydrogen) atoms. The Bertz CT molecular complexity index is 1350. The zero-order valence-electron chi connectivity index (χ0n) is 18.9. The lowest BCUT2D eigenvalue weighted by molar-refractivity contribution is -0.122. The van der Waals surface area contributed by atoms with Gasteiger partial charge in [-0.2, -0.15) is 4.98 Å². The number of anilines is 2. The summed E-state index contributed by atoms with van der Waals surface area (Å²) < 4.78 is 7.01. The van der Waals surface area contributed by atoms with Gasteiger partial charge in [0.1, 0.15) is 11.8 Å². The number of imide groups is 1. The summed E-state index contributed by atoms with van der Waals surface area (Å²) in [4.78, 5) is 32.0. The van der Waals surface area contributed by atoms with Crippen molar-refractivity contribution in [1.29, 1.82) is 0 Å². The zero-order valence-corrected chi connectivity index (χ0v) is 19.6. The number of benzene rings is 2. The molecule has 1 aromatic heterocycles. The highest BCUT2D eigenvalue weighted by atomic mass is 35.5. The van der Waals surface area contributed by atoms with Crippen LogP contribution in [-0.2, 0) is 9.59 Å². The molecule has 1 N–H and O–H groups in total. The number of rotatable bonds is 4.